The minimum absolute atomic E-state index is 0.228. The smallest absolute Gasteiger partial charge is 0.252 e. The molecule has 0 unspecified atom stereocenters. The maximum Gasteiger partial charge on any atom is 0.252 e. The molecule has 0 radical (unpaired) electrons. The molecule has 11 aromatic carbocycles. The highest BCUT2D eigenvalue weighted by Crippen LogP contribution is 2.54. The van der Waals surface area contributed by atoms with Crippen molar-refractivity contribution in [3.05, 3.63) is 285 Å². The zero-order valence-corrected chi connectivity index (χ0v) is 57.3. The third-order valence-electron chi connectivity index (χ3n) is 20.1. The van der Waals surface area contributed by atoms with E-state index < -0.39 is 16.1 Å². The highest BCUT2D eigenvalue weighted by Gasteiger charge is 2.46. The van der Waals surface area contributed by atoms with Gasteiger partial charge in [0.2, 0.25) is 0 Å². The number of fused-ring (bicyclic) bond motifs is 10. The van der Waals surface area contributed by atoms with Crippen LogP contribution in [-0.2, 0) is 5.41 Å². The molecular formula is C86H73BN6Si2. The van der Waals surface area contributed by atoms with Crippen molar-refractivity contribution in [3.8, 4) is 55.9 Å². The van der Waals surface area contributed by atoms with Gasteiger partial charge in [-0.05, 0) is 110 Å². The summed E-state index contributed by atoms with van der Waals surface area (Å²) < 4.78 is 5.04. The molecule has 4 aromatic heterocycles. The van der Waals surface area contributed by atoms with E-state index in [0.29, 0.717) is 0 Å². The van der Waals surface area contributed by atoms with Crippen LogP contribution in [0.1, 0.15) is 26.3 Å². The van der Waals surface area contributed by atoms with Crippen LogP contribution in [-0.4, -0.2) is 42.0 Å². The number of anilines is 6. The summed E-state index contributed by atoms with van der Waals surface area (Å²) in [6, 6.07) is 96.0. The first kappa shape index (κ1) is 58.3. The molecule has 0 fully saturated rings. The van der Waals surface area contributed by atoms with Gasteiger partial charge in [0.05, 0.1) is 49.6 Å². The lowest BCUT2D eigenvalue weighted by molar-refractivity contribution is 0.590. The first-order valence-corrected chi connectivity index (χ1v) is 40.4. The summed E-state index contributed by atoms with van der Waals surface area (Å²) in [6.45, 7) is 21.6. The minimum Gasteiger partial charge on any atom is -0.310 e. The summed E-state index contributed by atoms with van der Waals surface area (Å²) in [6.07, 6.45) is 8.37. The second kappa shape index (κ2) is 22.0. The quantitative estimate of drug-likeness (QED) is 0.128. The Morgan fingerprint density at radius 3 is 1.01 bits per heavy atom. The third kappa shape index (κ3) is 9.49. The lowest BCUT2D eigenvalue weighted by atomic mass is 9.33. The fourth-order valence-electron chi connectivity index (χ4n) is 15.3. The topological polar surface area (TPSA) is 42.1 Å². The molecule has 95 heavy (non-hydrogen) atoms. The summed E-state index contributed by atoms with van der Waals surface area (Å²) >= 11 is 0. The summed E-state index contributed by atoms with van der Waals surface area (Å²) in [4.78, 5) is 15.6. The van der Waals surface area contributed by atoms with Gasteiger partial charge in [-0.15, -0.1) is 0 Å². The van der Waals surface area contributed by atoms with Crippen LogP contribution in [0.25, 0.3) is 99.5 Å². The van der Waals surface area contributed by atoms with Gasteiger partial charge in [-0.3, -0.25) is 9.97 Å². The van der Waals surface area contributed by atoms with Crippen molar-refractivity contribution in [2.75, 3.05) is 9.80 Å². The number of para-hydroxylation sites is 2. The molecule has 0 N–H and O–H groups in total. The average Bonchev–Trinajstić information content (AvgIpc) is 0.978. The molecule has 0 atom stereocenters. The fourth-order valence-corrected chi connectivity index (χ4v) is 17.6. The Kier molecular flexibility index (Phi) is 13.5. The van der Waals surface area contributed by atoms with Gasteiger partial charge in [-0.2, -0.15) is 0 Å². The predicted octanol–water partition coefficient (Wildman–Crippen LogP) is 19.8. The SMILES string of the molecule is CC(C)(C)c1cc2c3c(c1)N(c1c(-c4ccccc4)cncc1-c1ccccc1)c1cc(-n4c5ccccc5c5cc([Si](C)(C)C)ccc54)ccc1B3c1ccc(-n3c4ccccc4c4cc([Si](C)(C)C)ccc43)cc1N2c1c(-c2ccccc2)cncc1-c1ccccc1. The Hall–Kier alpha value is -10.6. The van der Waals surface area contributed by atoms with E-state index in [2.05, 4.69) is 359 Å². The maximum atomic E-state index is 5.17. The molecule has 458 valence electrons. The van der Waals surface area contributed by atoms with Gasteiger partial charge in [0, 0.05) is 103 Å². The number of pyridine rings is 2. The van der Waals surface area contributed by atoms with Crippen LogP contribution in [0.4, 0.5) is 34.1 Å². The van der Waals surface area contributed by atoms with Crippen molar-refractivity contribution in [3.63, 3.8) is 0 Å². The van der Waals surface area contributed by atoms with E-state index in [9.17, 15) is 0 Å². The molecule has 0 aliphatic carbocycles. The summed E-state index contributed by atoms with van der Waals surface area (Å²) in [5.74, 6) is 0. The van der Waals surface area contributed by atoms with E-state index in [1.807, 2.05) is 0 Å². The second-order valence-electron chi connectivity index (χ2n) is 29.1. The summed E-state index contributed by atoms with van der Waals surface area (Å²) in [5, 5.41) is 7.98. The van der Waals surface area contributed by atoms with E-state index >= 15 is 0 Å². The first-order valence-electron chi connectivity index (χ1n) is 33.4. The van der Waals surface area contributed by atoms with Crippen LogP contribution in [0.3, 0.4) is 0 Å². The van der Waals surface area contributed by atoms with Gasteiger partial charge in [0.1, 0.15) is 0 Å². The Bertz CT molecular complexity index is 5110. The zero-order chi connectivity index (χ0) is 64.6. The second-order valence-corrected chi connectivity index (χ2v) is 39.2. The maximum absolute atomic E-state index is 5.17. The van der Waals surface area contributed by atoms with Crippen LogP contribution in [0.5, 0.6) is 0 Å². The first-order chi connectivity index (χ1) is 46.1. The number of hydrogen-bond donors (Lipinski definition) is 0. The van der Waals surface area contributed by atoms with Crippen molar-refractivity contribution in [1.82, 2.24) is 19.1 Å². The lowest BCUT2D eigenvalue weighted by Gasteiger charge is -2.46. The standard InChI is InChI=1S/C86H73BN6Si2/c1-86(2,3)60-46-81-83-82(47-60)93(85-71(58-30-18-12-19-31-58)54-89-55-72(85)59-32-20-13-21-33-59)80-49-62(91-76-37-25-23-35-66(76)68-51-64(95(7,8)9)41-45-78(68)91)39-43-74(80)87(83)73-42-38-61(90-75-36-24-22-34-65(75)67-50-63(94(4,5)6)40-44-77(67)90)48-79(73)92(81)84-69(56-26-14-10-15-27-56)52-88-53-70(84)57-28-16-11-17-29-57/h10-55H,1-9H3. The summed E-state index contributed by atoms with van der Waals surface area (Å²) in [5.41, 5.74) is 26.7. The molecule has 6 heterocycles. The van der Waals surface area contributed by atoms with Crippen LogP contribution >= 0.6 is 0 Å². The third-order valence-corrected chi connectivity index (χ3v) is 24.2. The Morgan fingerprint density at radius 1 is 0.326 bits per heavy atom. The van der Waals surface area contributed by atoms with E-state index in [0.717, 1.165) is 90.0 Å². The molecule has 0 saturated heterocycles. The van der Waals surface area contributed by atoms with Crippen LogP contribution in [0, 0.1) is 0 Å². The molecule has 0 saturated carbocycles. The average molecular weight is 1260 g/mol. The molecule has 2 aliphatic rings. The fraction of sp³-hybridized carbons (Fsp3) is 0.116. The monoisotopic (exact) mass is 1260 g/mol. The lowest BCUT2D eigenvalue weighted by Crippen LogP contribution is -2.61. The van der Waals surface area contributed by atoms with Crippen molar-refractivity contribution in [2.45, 2.75) is 65.5 Å². The van der Waals surface area contributed by atoms with Crippen LogP contribution in [0.2, 0.25) is 39.3 Å². The Morgan fingerprint density at radius 2 is 0.663 bits per heavy atom. The number of benzene rings is 11. The van der Waals surface area contributed by atoms with Gasteiger partial charge in [0.15, 0.2) is 0 Å². The minimum atomic E-state index is -1.68. The van der Waals surface area contributed by atoms with Crippen molar-refractivity contribution >= 4 is 127 Å². The molecule has 0 spiro atoms. The molecule has 0 bridgehead atoms. The van der Waals surface area contributed by atoms with Crippen LogP contribution in [0.15, 0.2) is 280 Å². The number of nitrogens with zero attached hydrogens (tertiary/aromatic N) is 6. The number of hydrogen-bond acceptors (Lipinski definition) is 4. The van der Waals surface area contributed by atoms with Gasteiger partial charge >= 0.3 is 0 Å². The van der Waals surface area contributed by atoms with Gasteiger partial charge in [-0.1, -0.05) is 265 Å². The molecular weight excluding hydrogens is 1180 g/mol. The van der Waals surface area contributed by atoms with E-state index in [1.54, 1.807) is 0 Å². The molecule has 15 aromatic rings. The zero-order valence-electron chi connectivity index (χ0n) is 55.3. The largest absolute Gasteiger partial charge is 0.310 e. The van der Waals surface area contributed by atoms with Gasteiger partial charge < -0.3 is 18.9 Å². The molecule has 0 amide bonds. The number of aromatic nitrogens is 4. The van der Waals surface area contributed by atoms with Gasteiger partial charge in [0.25, 0.3) is 6.71 Å². The highest BCUT2D eigenvalue weighted by atomic mass is 28.3. The predicted molar refractivity (Wildman–Crippen MR) is 411 cm³/mol. The normalized spacial score (nSPS) is 13.0. The Balaban J connectivity index is 1.04. The molecule has 2 aliphatic heterocycles. The molecule has 9 heteroatoms. The van der Waals surface area contributed by atoms with Crippen LogP contribution < -0.4 is 36.6 Å². The van der Waals surface area contributed by atoms with Crippen molar-refractivity contribution in [1.29, 1.82) is 0 Å². The van der Waals surface area contributed by atoms with Gasteiger partial charge in [-0.25, -0.2) is 0 Å². The number of rotatable bonds is 10. The molecule has 17 rings (SSSR count). The van der Waals surface area contributed by atoms with E-state index in [-0.39, 0.29) is 12.1 Å². The van der Waals surface area contributed by atoms with E-state index in [1.165, 1.54) is 75.9 Å². The Labute approximate surface area is 559 Å². The summed E-state index contributed by atoms with van der Waals surface area (Å²) in [7, 11) is -3.36. The molecule has 6 nitrogen and oxygen atoms in total. The van der Waals surface area contributed by atoms with E-state index in [4.69, 9.17) is 9.97 Å². The highest BCUT2D eigenvalue weighted by molar-refractivity contribution is 7.00. The van der Waals surface area contributed by atoms with Crippen molar-refractivity contribution < 1.29 is 0 Å². The van der Waals surface area contributed by atoms with Crippen molar-refractivity contribution in [2.24, 2.45) is 0 Å².